The maximum Gasteiger partial charge on any atom is 0.333 e. The van der Waals surface area contributed by atoms with E-state index in [0.29, 0.717) is 12.2 Å². The number of halogens is 2. The first-order valence-corrected chi connectivity index (χ1v) is 13.1. The van der Waals surface area contributed by atoms with Crippen LogP contribution in [0.5, 0.6) is 0 Å². The molecule has 0 rings (SSSR count). The van der Waals surface area contributed by atoms with Crippen LogP contribution in [0.1, 0.15) is 103 Å². The lowest BCUT2D eigenvalue weighted by Crippen LogP contribution is -2.09. The van der Waals surface area contributed by atoms with Crippen molar-refractivity contribution in [3.8, 4) is 0 Å². The Hall–Kier alpha value is 0.387. The first-order valence-electron chi connectivity index (χ1n) is 10.5. The van der Waals surface area contributed by atoms with Gasteiger partial charge in [-0.05, 0) is 19.8 Å². The van der Waals surface area contributed by atoms with Gasteiger partial charge in [-0.15, -0.1) is 0 Å². The van der Waals surface area contributed by atoms with E-state index in [4.69, 9.17) is 4.74 Å². The molecule has 5 heteroatoms. The van der Waals surface area contributed by atoms with E-state index in [1.165, 1.54) is 83.5 Å². The summed E-state index contributed by atoms with van der Waals surface area (Å²) in [5.41, 5.74) is 0.489. The molecule has 0 aromatic heterocycles. The smallest absolute Gasteiger partial charge is 0.333 e. The Balaban J connectivity index is 3.11. The van der Waals surface area contributed by atoms with Gasteiger partial charge in [0.15, 0.2) is 0 Å². The van der Waals surface area contributed by atoms with Crippen molar-refractivity contribution in [1.29, 1.82) is 0 Å². The van der Waals surface area contributed by atoms with Gasteiger partial charge in [-0.2, -0.15) is 0 Å². The number of hydrogen-bond acceptors (Lipinski definition) is 2. The van der Waals surface area contributed by atoms with Crippen LogP contribution in [0.2, 0.25) is 0 Å². The van der Waals surface area contributed by atoms with E-state index in [0.717, 1.165) is 23.1 Å². The highest BCUT2D eigenvalue weighted by atomic mass is 79.9. The second-order valence-electron chi connectivity index (χ2n) is 7.69. The summed E-state index contributed by atoms with van der Waals surface area (Å²) in [5, 5.41) is 0. The third-order valence-corrected chi connectivity index (χ3v) is 5.88. The summed E-state index contributed by atoms with van der Waals surface area (Å²) in [6, 6.07) is 0. The maximum absolute atomic E-state index is 11.2. The highest BCUT2D eigenvalue weighted by Crippen LogP contribution is 2.28. The van der Waals surface area contributed by atoms with E-state index in [1.807, 2.05) is 0 Å². The van der Waals surface area contributed by atoms with Crippen LogP contribution in [-0.2, 0) is 9.53 Å². The van der Waals surface area contributed by atoms with Gasteiger partial charge in [-0.25, -0.2) is 4.79 Å². The molecule has 0 aliphatic carbocycles. The SMILES string of the molecule is C=C(C)C(=O)OCCCCCCCCCCCCCCCCC([SiH3])(Br)Br. The van der Waals surface area contributed by atoms with Crippen LogP contribution in [0.3, 0.4) is 0 Å². The minimum absolute atomic E-state index is 0.257. The fourth-order valence-corrected chi connectivity index (χ4v) is 3.86. The van der Waals surface area contributed by atoms with Crippen LogP contribution >= 0.6 is 31.9 Å². The van der Waals surface area contributed by atoms with E-state index < -0.39 is 0 Å². The quantitative estimate of drug-likeness (QED) is 0.0667. The Labute approximate surface area is 182 Å². The molecule has 0 bridgehead atoms. The summed E-state index contributed by atoms with van der Waals surface area (Å²) in [6.45, 7) is 5.81. The van der Waals surface area contributed by atoms with Crippen LogP contribution in [-0.4, -0.2) is 25.7 Å². The third kappa shape index (κ3) is 20.7. The predicted molar refractivity (Wildman–Crippen MR) is 126 cm³/mol. The largest absolute Gasteiger partial charge is 0.462 e. The lowest BCUT2D eigenvalue weighted by atomic mass is 10.0. The minimum Gasteiger partial charge on any atom is -0.462 e. The molecule has 2 nitrogen and oxygen atoms in total. The molecule has 0 heterocycles. The van der Waals surface area contributed by atoms with Crippen molar-refractivity contribution in [2.45, 2.75) is 106 Å². The Morgan fingerprint density at radius 3 is 1.50 bits per heavy atom. The molecule has 0 aromatic carbocycles. The highest BCUT2D eigenvalue weighted by Gasteiger charge is 2.13. The number of ether oxygens (including phenoxy) is 1. The van der Waals surface area contributed by atoms with Crippen LogP contribution in [0.25, 0.3) is 0 Å². The fraction of sp³-hybridized carbons (Fsp3) is 0.857. The monoisotopic (exact) mass is 510 g/mol. The summed E-state index contributed by atoms with van der Waals surface area (Å²) in [7, 11) is 1.16. The van der Waals surface area contributed by atoms with Gasteiger partial charge in [0.05, 0.1) is 9.46 Å². The molecule has 0 amide bonds. The van der Waals surface area contributed by atoms with Crippen molar-refractivity contribution in [2.24, 2.45) is 0 Å². The van der Waals surface area contributed by atoms with Gasteiger partial charge in [-0.3, -0.25) is 0 Å². The average molecular weight is 512 g/mol. The van der Waals surface area contributed by atoms with Crippen LogP contribution < -0.4 is 0 Å². The lowest BCUT2D eigenvalue weighted by Gasteiger charge is -2.13. The average Bonchev–Trinajstić information content (AvgIpc) is 2.56. The number of rotatable bonds is 18. The van der Waals surface area contributed by atoms with E-state index in [-0.39, 0.29) is 8.83 Å². The number of carbonyl (C=O) groups is 1. The zero-order chi connectivity index (χ0) is 19.7. The number of esters is 1. The zero-order valence-electron chi connectivity index (χ0n) is 17.1. The summed E-state index contributed by atoms with van der Waals surface area (Å²) in [6.07, 6.45) is 19.9. The van der Waals surface area contributed by atoms with Crippen LogP contribution in [0.15, 0.2) is 12.2 Å². The molecule has 0 unspecified atom stereocenters. The first-order chi connectivity index (χ1) is 12.3. The maximum atomic E-state index is 11.2. The topological polar surface area (TPSA) is 26.3 Å². The molecule has 0 radical (unpaired) electrons. The van der Waals surface area contributed by atoms with Crippen molar-refractivity contribution >= 4 is 48.1 Å². The van der Waals surface area contributed by atoms with Gasteiger partial charge in [0.1, 0.15) is 0 Å². The van der Waals surface area contributed by atoms with Gasteiger partial charge < -0.3 is 4.74 Å². The second kappa shape index (κ2) is 17.5. The lowest BCUT2D eigenvalue weighted by molar-refractivity contribution is -0.139. The predicted octanol–water partition coefficient (Wildman–Crippen LogP) is 6.77. The number of hydrogen-bond donors (Lipinski definition) is 0. The standard InChI is InChI=1S/C21H40Br2O2Si/c1-19(2)20(24)25-18-16-14-12-10-8-6-4-3-5-7-9-11-13-15-17-21(22,23)26/h1,3-18H2,2,26H3. The summed E-state index contributed by atoms with van der Waals surface area (Å²) >= 11 is 7.38. The Morgan fingerprint density at radius 1 is 0.808 bits per heavy atom. The van der Waals surface area contributed by atoms with Crippen LogP contribution in [0.4, 0.5) is 0 Å². The van der Waals surface area contributed by atoms with Crippen molar-refractivity contribution < 1.29 is 9.53 Å². The van der Waals surface area contributed by atoms with E-state index in [9.17, 15) is 4.79 Å². The highest BCUT2D eigenvalue weighted by molar-refractivity contribution is 9.26. The summed E-state index contributed by atoms with van der Waals surface area (Å²) < 4.78 is 5.37. The normalized spacial score (nSPS) is 11.7. The second-order valence-corrected chi connectivity index (χ2v) is 16.9. The number of carbonyl (C=O) groups excluding carboxylic acids is 1. The molecule has 0 fully saturated rings. The zero-order valence-corrected chi connectivity index (χ0v) is 22.3. The van der Waals surface area contributed by atoms with Gasteiger partial charge >= 0.3 is 5.97 Å². The van der Waals surface area contributed by atoms with E-state index in [1.54, 1.807) is 6.92 Å². The molecule has 0 saturated heterocycles. The van der Waals surface area contributed by atoms with Gasteiger partial charge in [-0.1, -0.05) is 122 Å². The molecule has 0 saturated carbocycles. The van der Waals surface area contributed by atoms with Crippen molar-refractivity contribution in [2.75, 3.05) is 6.61 Å². The molecule has 0 aliphatic heterocycles. The van der Waals surface area contributed by atoms with Crippen molar-refractivity contribution in [3.63, 3.8) is 0 Å². The van der Waals surface area contributed by atoms with Crippen molar-refractivity contribution in [1.82, 2.24) is 0 Å². The fourth-order valence-electron chi connectivity index (χ4n) is 2.95. The summed E-state index contributed by atoms with van der Waals surface area (Å²) in [4.78, 5) is 11.2. The molecule has 0 spiro atoms. The molecule has 26 heavy (non-hydrogen) atoms. The Bertz CT molecular complexity index is 368. The van der Waals surface area contributed by atoms with Gasteiger partial charge in [0.2, 0.25) is 0 Å². The van der Waals surface area contributed by atoms with Gasteiger partial charge in [0.25, 0.3) is 0 Å². The molecule has 0 aliphatic rings. The van der Waals surface area contributed by atoms with Gasteiger partial charge in [0, 0.05) is 15.8 Å². The van der Waals surface area contributed by atoms with Crippen molar-refractivity contribution in [3.05, 3.63) is 12.2 Å². The van der Waals surface area contributed by atoms with E-state index >= 15 is 0 Å². The molecule has 0 atom stereocenters. The minimum atomic E-state index is -0.257. The molecule has 0 aromatic rings. The van der Waals surface area contributed by atoms with E-state index in [2.05, 4.69) is 38.4 Å². The molecule has 0 N–H and O–H groups in total. The summed E-state index contributed by atoms with van der Waals surface area (Å²) in [5.74, 6) is -0.257. The number of alkyl halides is 2. The Morgan fingerprint density at radius 2 is 1.15 bits per heavy atom. The molecular formula is C21H40Br2O2Si. The number of unbranched alkanes of at least 4 members (excludes halogenated alkanes) is 13. The third-order valence-electron chi connectivity index (χ3n) is 4.59. The molecular weight excluding hydrogens is 472 g/mol. The first kappa shape index (κ1) is 26.4. The van der Waals surface area contributed by atoms with Crippen LogP contribution in [0, 0.1) is 0 Å². The Kier molecular flexibility index (Phi) is 17.7. The molecule has 154 valence electrons.